The number of ether oxygens (including phenoxy) is 4. The summed E-state index contributed by atoms with van der Waals surface area (Å²) in [7, 11) is -2.33. The number of rotatable bonds is 8. The van der Waals surface area contributed by atoms with Crippen LogP contribution < -0.4 is 24.8 Å². The van der Waals surface area contributed by atoms with Crippen LogP contribution in [0.3, 0.4) is 0 Å². The highest BCUT2D eigenvalue weighted by Gasteiger charge is 2.62. The number of hydrogen-bond acceptors (Lipinski definition) is 11. The fourth-order valence-corrected chi connectivity index (χ4v) is 10.2. The summed E-state index contributed by atoms with van der Waals surface area (Å²) in [5.74, 6) is -1.70. The molecule has 15 nitrogen and oxygen atoms in total. The van der Waals surface area contributed by atoms with Crippen molar-refractivity contribution in [1.82, 2.24) is 25.2 Å². The number of fused-ring (bicyclic) bond motifs is 5. The van der Waals surface area contributed by atoms with E-state index in [9.17, 15) is 27.6 Å². The molecule has 3 N–H and O–H groups in total. The van der Waals surface area contributed by atoms with Gasteiger partial charge in [-0.1, -0.05) is 31.1 Å². The predicted octanol–water partition coefficient (Wildman–Crippen LogP) is 3.76. The van der Waals surface area contributed by atoms with Gasteiger partial charge in [0.15, 0.2) is 0 Å². The number of aromatic nitrogens is 1. The highest BCUT2D eigenvalue weighted by atomic mass is 32.2. The second-order valence-corrected chi connectivity index (χ2v) is 18.3. The van der Waals surface area contributed by atoms with Crippen LogP contribution >= 0.6 is 0 Å². The molecule has 8 rings (SSSR count). The molecule has 3 saturated carbocycles. The molecule has 1 aromatic heterocycles. The third-order valence-corrected chi connectivity index (χ3v) is 14.3. The van der Waals surface area contributed by atoms with E-state index in [1.54, 1.807) is 7.11 Å². The molecule has 3 aliphatic heterocycles. The summed E-state index contributed by atoms with van der Waals surface area (Å²) in [5, 5.41) is 5.97. The standard InChI is InChI=1S/C41H51N5O10S/c1-3-28-20-41(28,39(49)45-57(51,52)31-15-16-31)44-36(47)33-19-30-21-46(33)38(48)35(24-9-7-8-10-24)43-40(50)56-34-23-54-22-27(34)12-6-4-5-11-26-17-25-13-14-29(53-2)18-32(25)42-37(26)55-30/h3,5,11,13-14,17-18,24,27-28,30-31,33-35H,1,4,6-10,12,15-16,19-23H2,2H3,(H,43,50)(H,44,47)(H,45,49)/b11-5+/t27-,28-,30+,33-,34-,35-,41+/m0/s1. The van der Waals surface area contributed by atoms with Gasteiger partial charge in [0, 0.05) is 35.3 Å². The molecule has 3 aliphatic carbocycles. The summed E-state index contributed by atoms with van der Waals surface area (Å²) < 4.78 is 51.5. The van der Waals surface area contributed by atoms with Crippen molar-refractivity contribution in [3.63, 3.8) is 0 Å². The molecule has 2 aromatic rings. The van der Waals surface area contributed by atoms with Crippen LogP contribution in [0.15, 0.2) is 43.0 Å². The van der Waals surface area contributed by atoms with E-state index in [4.69, 9.17) is 23.9 Å². The summed E-state index contributed by atoms with van der Waals surface area (Å²) in [6, 6.07) is 5.46. The maximum Gasteiger partial charge on any atom is 0.408 e. The smallest absolute Gasteiger partial charge is 0.408 e. The minimum absolute atomic E-state index is 0.00195. The molecule has 7 atom stereocenters. The van der Waals surface area contributed by atoms with Crippen molar-refractivity contribution in [3.05, 3.63) is 48.6 Å². The number of nitrogens with zero attached hydrogens (tertiary/aromatic N) is 2. The van der Waals surface area contributed by atoms with Gasteiger partial charge in [0.2, 0.25) is 27.7 Å². The molecule has 2 bridgehead atoms. The number of pyridine rings is 1. The van der Waals surface area contributed by atoms with Crippen LogP contribution in [0.1, 0.15) is 76.2 Å². The quantitative estimate of drug-likeness (QED) is 0.330. The van der Waals surface area contributed by atoms with E-state index in [1.165, 1.54) is 11.0 Å². The van der Waals surface area contributed by atoms with Gasteiger partial charge in [0.25, 0.3) is 5.91 Å². The third-order valence-electron chi connectivity index (χ3n) is 12.4. The summed E-state index contributed by atoms with van der Waals surface area (Å²) in [4.78, 5) is 62.8. The Hall–Kier alpha value is -4.70. The van der Waals surface area contributed by atoms with Gasteiger partial charge < -0.3 is 34.5 Å². The van der Waals surface area contributed by atoms with E-state index in [1.807, 2.05) is 36.4 Å². The molecular formula is C41H51N5O10S. The average Bonchev–Trinajstić information content (AvgIpc) is 3.98. The Balaban J connectivity index is 1.14. The van der Waals surface area contributed by atoms with Gasteiger partial charge in [-0.15, -0.1) is 6.58 Å². The second-order valence-electron chi connectivity index (χ2n) is 16.3. The molecule has 4 heterocycles. The SMILES string of the molecule is C=C[C@H]1C[C@]1(NC(=O)[C@@H]1C[C@@H]2CN1C(=O)[C@H](C1CCCC1)NC(=O)O[C@H]1COC[C@@H]1CCC/C=C/c1cc3ccc(OC)cc3nc1O2)C(=O)NS(=O)(=O)C1CC1. The second kappa shape index (κ2) is 15.9. The molecular weight excluding hydrogens is 755 g/mol. The lowest BCUT2D eigenvalue weighted by molar-refractivity contribution is -0.142. The van der Waals surface area contributed by atoms with Gasteiger partial charge in [0.1, 0.15) is 35.6 Å². The largest absolute Gasteiger partial charge is 0.497 e. The lowest BCUT2D eigenvalue weighted by Crippen LogP contribution is -2.59. The van der Waals surface area contributed by atoms with E-state index < -0.39 is 74.8 Å². The zero-order chi connectivity index (χ0) is 39.9. The van der Waals surface area contributed by atoms with E-state index in [0.717, 1.165) is 43.1 Å². The number of carbonyl (C=O) groups is 4. The number of nitrogens with one attached hydrogen (secondary N) is 3. The van der Waals surface area contributed by atoms with Crippen molar-refractivity contribution < 1.29 is 46.5 Å². The van der Waals surface area contributed by atoms with E-state index in [2.05, 4.69) is 21.9 Å². The monoisotopic (exact) mass is 805 g/mol. The molecule has 1 aromatic carbocycles. The predicted molar refractivity (Wildman–Crippen MR) is 208 cm³/mol. The van der Waals surface area contributed by atoms with E-state index in [0.29, 0.717) is 49.4 Å². The molecule has 2 saturated heterocycles. The molecule has 6 aliphatic rings. The summed E-state index contributed by atoms with van der Waals surface area (Å²) in [5.41, 5.74) is -0.191. The molecule has 16 heteroatoms. The van der Waals surface area contributed by atoms with Crippen LogP contribution in [0.4, 0.5) is 4.79 Å². The first-order chi connectivity index (χ1) is 27.5. The Labute approximate surface area is 332 Å². The molecule has 306 valence electrons. The maximum atomic E-state index is 14.8. The van der Waals surface area contributed by atoms with Crippen molar-refractivity contribution in [2.45, 2.75) is 106 Å². The first-order valence-electron chi connectivity index (χ1n) is 20.2. The number of allylic oxidation sites excluding steroid dienone is 1. The van der Waals surface area contributed by atoms with Crippen molar-refractivity contribution in [2.75, 3.05) is 26.9 Å². The zero-order valence-electron chi connectivity index (χ0n) is 32.2. The molecule has 0 spiro atoms. The first-order valence-corrected chi connectivity index (χ1v) is 21.7. The topological polar surface area (TPSA) is 192 Å². The Bertz CT molecular complexity index is 2070. The summed E-state index contributed by atoms with van der Waals surface area (Å²) in [6.07, 6.45) is 10.3. The first kappa shape index (κ1) is 39.1. The Morgan fingerprint density at radius 1 is 1.05 bits per heavy atom. The lowest BCUT2D eigenvalue weighted by Gasteiger charge is -2.32. The van der Waals surface area contributed by atoms with Crippen molar-refractivity contribution >= 4 is 50.8 Å². The number of alkyl carbamates (subject to hydrolysis) is 1. The number of carbonyl (C=O) groups excluding carboxylic acids is 4. The number of sulfonamides is 1. The number of methoxy groups -OCH3 is 1. The Morgan fingerprint density at radius 3 is 2.58 bits per heavy atom. The third kappa shape index (κ3) is 8.20. The molecule has 57 heavy (non-hydrogen) atoms. The Kier molecular flexibility index (Phi) is 10.9. The van der Waals surface area contributed by atoms with Crippen LogP contribution in [0.2, 0.25) is 0 Å². The summed E-state index contributed by atoms with van der Waals surface area (Å²) >= 11 is 0. The van der Waals surface area contributed by atoms with Crippen molar-refractivity contribution in [2.24, 2.45) is 17.8 Å². The molecule has 0 unspecified atom stereocenters. The van der Waals surface area contributed by atoms with Gasteiger partial charge in [0.05, 0.1) is 37.6 Å². The van der Waals surface area contributed by atoms with Crippen LogP contribution in [-0.4, -0.2) is 104 Å². The highest BCUT2D eigenvalue weighted by molar-refractivity contribution is 7.91. The minimum atomic E-state index is -3.91. The number of amides is 4. The molecule has 4 amide bonds. The number of benzene rings is 1. The van der Waals surface area contributed by atoms with Crippen molar-refractivity contribution in [1.29, 1.82) is 0 Å². The fraction of sp³-hybridized carbons (Fsp3) is 0.585. The van der Waals surface area contributed by atoms with Crippen LogP contribution in [0.25, 0.3) is 17.0 Å². The van der Waals surface area contributed by atoms with E-state index in [-0.39, 0.29) is 37.8 Å². The highest BCUT2D eigenvalue weighted by Crippen LogP contribution is 2.46. The van der Waals surface area contributed by atoms with Gasteiger partial charge in [-0.25, -0.2) is 18.2 Å². The molecule has 0 radical (unpaired) electrons. The molecule has 5 fully saturated rings. The van der Waals surface area contributed by atoms with Crippen molar-refractivity contribution in [3.8, 4) is 11.6 Å². The van der Waals surface area contributed by atoms with E-state index >= 15 is 0 Å². The minimum Gasteiger partial charge on any atom is -0.497 e. The lowest BCUT2D eigenvalue weighted by atomic mass is 9.96. The van der Waals surface area contributed by atoms with Crippen LogP contribution in [0, 0.1) is 17.8 Å². The number of hydrogen-bond donors (Lipinski definition) is 3. The van der Waals surface area contributed by atoms with Gasteiger partial charge >= 0.3 is 6.09 Å². The summed E-state index contributed by atoms with van der Waals surface area (Å²) in [6.45, 7) is 4.52. The van der Waals surface area contributed by atoms with Gasteiger partial charge in [-0.05, 0) is 75.5 Å². The van der Waals surface area contributed by atoms with Crippen LogP contribution in [0.5, 0.6) is 11.6 Å². The van der Waals surface area contributed by atoms with Crippen LogP contribution in [-0.2, 0) is 33.9 Å². The van der Waals surface area contributed by atoms with Gasteiger partial charge in [-0.2, -0.15) is 0 Å². The van der Waals surface area contributed by atoms with Gasteiger partial charge in [-0.3, -0.25) is 19.1 Å². The fourth-order valence-electron chi connectivity index (χ4n) is 8.87. The maximum absolute atomic E-state index is 14.8. The average molecular weight is 806 g/mol. The zero-order valence-corrected chi connectivity index (χ0v) is 33.0. The normalized spacial score (nSPS) is 31.4. The Morgan fingerprint density at radius 2 is 1.84 bits per heavy atom.